The van der Waals surface area contributed by atoms with Crippen molar-refractivity contribution >= 4 is 5.97 Å². The van der Waals surface area contributed by atoms with E-state index in [9.17, 15) is 4.79 Å². The maximum Gasteiger partial charge on any atom is 0.338 e. The van der Waals surface area contributed by atoms with E-state index in [1.807, 2.05) is 0 Å². The molecule has 2 aliphatic rings. The number of benzene rings is 1. The zero-order valence-electron chi connectivity index (χ0n) is 15.0. The number of carbonyl (C=O) groups excluding carboxylic acids is 1. The molecule has 2 saturated carbocycles. The van der Waals surface area contributed by atoms with Crippen molar-refractivity contribution in [2.45, 2.75) is 64.4 Å². The SMILES string of the molecule is COc1ccc(C(=O)OC2CCC(C3CCC(C)CC3)CC2)cc1. The van der Waals surface area contributed by atoms with Crippen LogP contribution in [0.4, 0.5) is 0 Å². The van der Waals surface area contributed by atoms with Gasteiger partial charge in [0.2, 0.25) is 0 Å². The minimum absolute atomic E-state index is 0.0957. The highest BCUT2D eigenvalue weighted by Gasteiger charge is 2.31. The van der Waals surface area contributed by atoms with Crippen LogP contribution in [0.2, 0.25) is 0 Å². The van der Waals surface area contributed by atoms with E-state index in [2.05, 4.69) is 6.92 Å². The number of hydrogen-bond donors (Lipinski definition) is 0. The van der Waals surface area contributed by atoms with Gasteiger partial charge in [-0.2, -0.15) is 0 Å². The summed E-state index contributed by atoms with van der Waals surface area (Å²) in [5.74, 6) is 3.25. The molecule has 1 aromatic carbocycles. The van der Waals surface area contributed by atoms with Crippen molar-refractivity contribution in [2.75, 3.05) is 7.11 Å². The third-order valence-electron chi connectivity index (χ3n) is 6.05. The highest BCUT2D eigenvalue weighted by Crippen LogP contribution is 2.40. The van der Waals surface area contributed by atoms with Crippen molar-refractivity contribution in [3.8, 4) is 5.75 Å². The molecule has 0 heterocycles. The Morgan fingerprint density at radius 1 is 0.875 bits per heavy atom. The molecule has 0 N–H and O–H groups in total. The van der Waals surface area contributed by atoms with Gasteiger partial charge < -0.3 is 9.47 Å². The number of methoxy groups -OCH3 is 1. The third kappa shape index (κ3) is 4.31. The average molecular weight is 330 g/mol. The highest BCUT2D eigenvalue weighted by atomic mass is 16.5. The fourth-order valence-electron chi connectivity index (χ4n) is 4.38. The molecule has 2 aliphatic carbocycles. The van der Waals surface area contributed by atoms with Crippen molar-refractivity contribution in [2.24, 2.45) is 17.8 Å². The average Bonchev–Trinajstić information content (AvgIpc) is 2.63. The van der Waals surface area contributed by atoms with E-state index in [1.165, 1.54) is 38.5 Å². The molecule has 0 spiro atoms. The van der Waals surface area contributed by atoms with Gasteiger partial charge in [0.25, 0.3) is 0 Å². The maximum atomic E-state index is 12.3. The van der Waals surface area contributed by atoms with E-state index in [-0.39, 0.29) is 12.1 Å². The molecule has 0 saturated heterocycles. The topological polar surface area (TPSA) is 35.5 Å². The van der Waals surface area contributed by atoms with Gasteiger partial charge in [-0.15, -0.1) is 0 Å². The molecule has 24 heavy (non-hydrogen) atoms. The number of hydrogen-bond acceptors (Lipinski definition) is 3. The van der Waals surface area contributed by atoms with E-state index in [0.29, 0.717) is 5.56 Å². The standard InChI is InChI=1S/C21H30O3/c1-15-3-5-16(6-4-15)17-7-13-20(14-8-17)24-21(22)18-9-11-19(23-2)12-10-18/h9-12,15-17,20H,3-8,13-14H2,1-2H3. The summed E-state index contributed by atoms with van der Waals surface area (Å²) in [5, 5.41) is 0. The molecular formula is C21H30O3. The maximum absolute atomic E-state index is 12.3. The third-order valence-corrected chi connectivity index (χ3v) is 6.05. The molecule has 0 unspecified atom stereocenters. The van der Waals surface area contributed by atoms with Gasteiger partial charge in [-0.3, -0.25) is 0 Å². The molecule has 0 aliphatic heterocycles. The molecule has 1 aromatic rings. The van der Waals surface area contributed by atoms with E-state index in [4.69, 9.17) is 9.47 Å². The minimum Gasteiger partial charge on any atom is -0.497 e. The molecule has 132 valence electrons. The Bertz CT molecular complexity index is 521. The summed E-state index contributed by atoms with van der Waals surface area (Å²) in [7, 11) is 1.62. The van der Waals surface area contributed by atoms with Crippen LogP contribution in [0.25, 0.3) is 0 Å². The van der Waals surface area contributed by atoms with Crippen LogP contribution in [0.5, 0.6) is 5.75 Å². The second kappa shape index (κ2) is 8.04. The van der Waals surface area contributed by atoms with Gasteiger partial charge >= 0.3 is 5.97 Å². The summed E-state index contributed by atoms with van der Waals surface area (Å²) in [6.07, 6.45) is 10.2. The normalized spacial score (nSPS) is 30.6. The molecule has 0 amide bonds. The van der Waals surface area contributed by atoms with E-state index in [0.717, 1.165) is 36.3 Å². The van der Waals surface area contributed by atoms with Crippen molar-refractivity contribution in [3.63, 3.8) is 0 Å². The van der Waals surface area contributed by atoms with Crippen LogP contribution in [0.3, 0.4) is 0 Å². The van der Waals surface area contributed by atoms with Crippen LogP contribution < -0.4 is 4.74 Å². The van der Waals surface area contributed by atoms with Crippen molar-refractivity contribution in [1.82, 2.24) is 0 Å². The lowest BCUT2D eigenvalue weighted by molar-refractivity contribution is 0.0111. The number of ether oxygens (including phenoxy) is 2. The van der Waals surface area contributed by atoms with Crippen LogP contribution in [0, 0.1) is 17.8 Å². The van der Waals surface area contributed by atoms with Gasteiger partial charge in [0, 0.05) is 0 Å². The molecule has 3 heteroatoms. The Balaban J connectivity index is 1.45. The molecular weight excluding hydrogens is 300 g/mol. The van der Waals surface area contributed by atoms with E-state index >= 15 is 0 Å². The summed E-state index contributed by atoms with van der Waals surface area (Å²) in [6, 6.07) is 7.15. The molecule has 0 aromatic heterocycles. The van der Waals surface area contributed by atoms with Gasteiger partial charge in [-0.1, -0.05) is 19.8 Å². The summed E-state index contributed by atoms with van der Waals surface area (Å²) in [5.41, 5.74) is 0.610. The monoisotopic (exact) mass is 330 g/mol. The zero-order chi connectivity index (χ0) is 16.9. The fraction of sp³-hybridized carbons (Fsp3) is 0.667. The van der Waals surface area contributed by atoms with Crippen LogP contribution in [-0.4, -0.2) is 19.2 Å². The predicted molar refractivity (Wildman–Crippen MR) is 95.3 cm³/mol. The minimum atomic E-state index is -0.201. The van der Waals surface area contributed by atoms with Gasteiger partial charge in [0.15, 0.2) is 0 Å². The Hall–Kier alpha value is -1.51. The molecule has 0 bridgehead atoms. The quantitative estimate of drug-likeness (QED) is 0.708. The molecule has 2 fully saturated rings. The first-order chi connectivity index (χ1) is 11.7. The first kappa shape index (κ1) is 17.3. The Morgan fingerprint density at radius 3 is 1.96 bits per heavy atom. The number of carbonyl (C=O) groups is 1. The van der Waals surface area contributed by atoms with E-state index in [1.54, 1.807) is 31.4 Å². The van der Waals surface area contributed by atoms with Crippen molar-refractivity contribution in [1.29, 1.82) is 0 Å². The summed E-state index contributed by atoms with van der Waals surface area (Å²) in [4.78, 5) is 12.3. The molecule has 3 rings (SSSR count). The Labute approximate surface area is 145 Å². The highest BCUT2D eigenvalue weighted by molar-refractivity contribution is 5.89. The second-order valence-corrected chi connectivity index (χ2v) is 7.69. The van der Waals surface area contributed by atoms with Crippen LogP contribution >= 0.6 is 0 Å². The first-order valence-corrected chi connectivity index (χ1v) is 9.50. The lowest BCUT2D eigenvalue weighted by Gasteiger charge is -2.37. The number of esters is 1. The van der Waals surface area contributed by atoms with Crippen LogP contribution in [0.1, 0.15) is 68.6 Å². The van der Waals surface area contributed by atoms with Crippen LogP contribution in [0.15, 0.2) is 24.3 Å². The smallest absolute Gasteiger partial charge is 0.338 e. The first-order valence-electron chi connectivity index (χ1n) is 9.50. The Morgan fingerprint density at radius 2 is 1.42 bits per heavy atom. The van der Waals surface area contributed by atoms with Gasteiger partial charge in [0.1, 0.15) is 11.9 Å². The summed E-state index contributed by atoms with van der Waals surface area (Å²) < 4.78 is 10.8. The molecule has 0 atom stereocenters. The molecule has 0 radical (unpaired) electrons. The lowest BCUT2D eigenvalue weighted by atomic mass is 9.71. The largest absolute Gasteiger partial charge is 0.497 e. The second-order valence-electron chi connectivity index (χ2n) is 7.69. The predicted octanol–water partition coefficient (Wildman–Crippen LogP) is 5.24. The summed E-state index contributed by atoms with van der Waals surface area (Å²) >= 11 is 0. The summed E-state index contributed by atoms with van der Waals surface area (Å²) in [6.45, 7) is 2.38. The van der Waals surface area contributed by atoms with Gasteiger partial charge in [-0.25, -0.2) is 4.79 Å². The zero-order valence-corrected chi connectivity index (χ0v) is 15.0. The van der Waals surface area contributed by atoms with Crippen LogP contribution in [-0.2, 0) is 4.74 Å². The number of rotatable bonds is 4. The van der Waals surface area contributed by atoms with Gasteiger partial charge in [-0.05, 0) is 80.5 Å². The fourth-order valence-corrected chi connectivity index (χ4v) is 4.38. The Kier molecular flexibility index (Phi) is 5.80. The van der Waals surface area contributed by atoms with Crippen molar-refractivity contribution < 1.29 is 14.3 Å². The molecule has 3 nitrogen and oxygen atoms in total. The van der Waals surface area contributed by atoms with E-state index < -0.39 is 0 Å². The van der Waals surface area contributed by atoms with Crippen molar-refractivity contribution in [3.05, 3.63) is 29.8 Å². The van der Waals surface area contributed by atoms with Gasteiger partial charge in [0.05, 0.1) is 12.7 Å². The lowest BCUT2D eigenvalue weighted by Crippen LogP contribution is -2.29.